The smallest absolute Gasteiger partial charge is 0.854 e. The molecular weight excluding hydrogens is 432 g/mol. The molecule has 0 rings (SSSR count). The van der Waals surface area contributed by atoms with Crippen LogP contribution in [0.3, 0.4) is 0 Å². The quantitative estimate of drug-likeness (QED) is 0.215. The van der Waals surface area contributed by atoms with Crippen molar-refractivity contribution in [2.45, 2.75) is 105 Å². The fourth-order valence-electron chi connectivity index (χ4n) is 1.76. The first kappa shape index (κ1) is 40.4. The molecule has 0 heterocycles. The second-order valence-corrected chi connectivity index (χ2v) is 7.08. The zero-order valence-electron chi connectivity index (χ0n) is 20.3. The molecule has 0 saturated heterocycles. The number of unbranched alkanes of at least 4 members (excludes halogenated alkanes) is 10. The minimum atomic E-state index is -1.19. The number of hydrogen-bond donors (Lipinski definition) is 0. The van der Waals surface area contributed by atoms with Gasteiger partial charge in [-0.2, -0.15) is 0 Å². The van der Waals surface area contributed by atoms with Crippen molar-refractivity contribution < 1.29 is 51.7 Å². The van der Waals surface area contributed by atoms with Gasteiger partial charge in [0.05, 0.1) is 11.9 Å². The number of carbonyl (C=O) groups is 2. The van der Waals surface area contributed by atoms with Crippen molar-refractivity contribution in [3.05, 3.63) is 24.3 Å². The van der Waals surface area contributed by atoms with Crippen molar-refractivity contribution >= 4 is 11.9 Å². The van der Waals surface area contributed by atoms with Gasteiger partial charge in [0.1, 0.15) is 0 Å². The van der Waals surface area contributed by atoms with Crippen LogP contribution in [0.4, 0.5) is 0 Å². The molecule has 6 nitrogen and oxygen atoms in total. The van der Waals surface area contributed by atoms with E-state index in [1.54, 1.807) is 0 Å². The number of carbonyl (C=O) groups excluding carboxylic acids is 2. The van der Waals surface area contributed by atoms with Crippen LogP contribution < -0.4 is 20.4 Å². The van der Waals surface area contributed by atoms with Gasteiger partial charge in [-0.1, -0.05) is 104 Å². The van der Waals surface area contributed by atoms with Gasteiger partial charge < -0.3 is 30.0 Å². The van der Waals surface area contributed by atoms with Crippen LogP contribution in [-0.4, -0.2) is 25.2 Å². The number of carboxylic acids is 2. The van der Waals surface area contributed by atoms with E-state index in [1.807, 2.05) is 0 Å². The number of carboxylic acid groups (broad SMARTS) is 2. The minimum absolute atomic E-state index is 0. The summed E-state index contributed by atoms with van der Waals surface area (Å²) in [6.07, 6.45) is 14.4. The van der Waals surface area contributed by atoms with Gasteiger partial charge in [0.15, 0.2) is 0 Å². The largest absolute Gasteiger partial charge is 4.00 e. The Hall–Kier alpha value is -0.946. The minimum Gasteiger partial charge on any atom is -0.854 e. The van der Waals surface area contributed by atoms with Crippen molar-refractivity contribution in [2.75, 3.05) is 13.2 Å². The zero-order valence-corrected chi connectivity index (χ0v) is 21.8. The second kappa shape index (κ2) is 36.4. The maximum absolute atomic E-state index is 9.96. The summed E-state index contributed by atoms with van der Waals surface area (Å²) in [5, 5.41) is 38.9. The van der Waals surface area contributed by atoms with E-state index in [0.717, 1.165) is 25.7 Å². The molecule has 0 amide bonds. The van der Waals surface area contributed by atoms with Gasteiger partial charge in [-0.15, -0.1) is 13.2 Å². The van der Waals surface area contributed by atoms with Crippen LogP contribution in [0, 0.1) is 0 Å². The van der Waals surface area contributed by atoms with Crippen LogP contribution >= 0.6 is 0 Å². The van der Waals surface area contributed by atoms with Crippen LogP contribution in [0.1, 0.15) is 105 Å². The monoisotopic (exact) mass is 476 g/mol. The average molecular weight is 476 g/mol. The Labute approximate surface area is 205 Å². The molecule has 0 fully saturated rings. The molecule has 7 heteroatoms. The van der Waals surface area contributed by atoms with Crippen molar-refractivity contribution in [3.8, 4) is 0 Å². The standard InChI is InChI=1S/2C8H17O.2C4H6O2.Ti/c2*1-2-3-4-5-6-7-8-9;2*1-3(2)4(5)6;/h2*2-8H2,1H3;2*1H2,2H3,(H,5,6);/q2*-1;;;+4/p-2. The SMILES string of the molecule is C=C(C)C(=O)[O-].C=C(C)C(=O)[O-].CCCCCCCC[O-].CCCCCCCC[O-].[Ti+4]. The molecule has 0 aliphatic rings. The van der Waals surface area contributed by atoms with E-state index < -0.39 is 11.9 Å². The third-order valence-corrected chi connectivity index (χ3v) is 3.69. The molecule has 0 aromatic carbocycles. The summed E-state index contributed by atoms with van der Waals surface area (Å²) in [6, 6.07) is 0. The molecule has 0 saturated carbocycles. The molecule has 0 aromatic heterocycles. The Morgan fingerprint density at radius 1 is 0.581 bits per heavy atom. The first-order valence-corrected chi connectivity index (χ1v) is 11.0. The molecule has 31 heavy (non-hydrogen) atoms. The molecule has 0 aliphatic carbocycles. The molecule has 0 bridgehead atoms. The number of aliphatic carboxylic acids is 2. The van der Waals surface area contributed by atoms with E-state index >= 15 is 0 Å². The fourth-order valence-corrected chi connectivity index (χ4v) is 1.76. The summed E-state index contributed by atoms with van der Waals surface area (Å²) in [5.41, 5.74) is 0.130. The molecule has 0 aliphatic heterocycles. The van der Waals surface area contributed by atoms with Crippen molar-refractivity contribution in [1.82, 2.24) is 0 Å². The second-order valence-electron chi connectivity index (χ2n) is 7.08. The third-order valence-electron chi connectivity index (χ3n) is 3.69. The van der Waals surface area contributed by atoms with Gasteiger partial charge in [-0.3, -0.25) is 0 Å². The topological polar surface area (TPSA) is 126 Å². The summed E-state index contributed by atoms with van der Waals surface area (Å²) in [7, 11) is 0. The van der Waals surface area contributed by atoms with E-state index in [-0.39, 0.29) is 46.1 Å². The Morgan fingerprint density at radius 3 is 0.935 bits per heavy atom. The maximum atomic E-state index is 9.96. The molecule has 180 valence electrons. The van der Waals surface area contributed by atoms with Crippen molar-refractivity contribution in [3.63, 3.8) is 0 Å². The summed E-state index contributed by atoms with van der Waals surface area (Å²) < 4.78 is 0. The molecule has 0 spiro atoms. The molecule has 0 aromatic rings. The maximum Gasteiger partial charge on any atom is 4.00 e. The summed E-state index contributed by atoms with van der Waals surface area (Å²) >= 11 is 0. The normalized spacial score (nSPS) is 8.71. The fraction of sp³-hybridized carbons (Fsp3) is 0.750. The van der Waals surface area contributed by atoms with E-state index in [2.05, 4.69) is 27.0 Å². The van der Waals surface area contributed by atoms with Crippen LogP contribution in [0.5, 0.6) is 0 Å². The Kier molecular flexibility index (Phi) is 47.5. The van der Waals surface area contributed by atoms with Crippen LogP contribution in [0.25, 0.3) is 0 Å². The molecule has 0 N–H and O–H groups in total. The van der Waals surface area contributed by atoms with Crippen LogP contribution in [-0.2, 0) is 31.3 Å². The molecule has 0 unspecified atom stereocenters. The van der Waals surface area contributed by atoms with E-state index in [9.17, 15) is 30.0 Å². The van der Waals surface area contributed by atoms with E-state index in [0.29, 0.717) is 0 Å². The Morgan fingerprint density at radius 2 is 0.774 bits per heavy atom. The van der Waals surface area contributed by atoms with Gasteiger partial charge in [-0.05, 0) is 25.0 Å². The van der Waals surface area contributed by atoms with Gasteiger partial charge in [0.2, 0.25) is 0 Å². The Bertz CT molecular complexity index is 337. The van der Waals surface area contributed by atoms with Gasteiger partial charge >= 0.3 is 21.7 Å². The number of rotatable bonds is 14. The summed E-state index contributed by atoms with van der Waals surface area (Å²) in [4.78, 5) is 19.0. The van der Waals surface area contributed by atoms with Gasteiger partial charge in [0.25, 0.3) is 0 Å². The third kappa shape index (κ3) is 58.6. The molecule has 0 atom stereocenters. The molecular formula is C24H44O6Ti. The zero-order chi connectivity index (χ0) is 24.2. The predicted molar refractivity (Wildman–Crippen MR) is 116 cm³/mol. The molecule has 0 radical (unpaired) electrons. The van der Waals surface area contributed by atoms with Crippen molar-refractivity contribution in [2.24, 2.45) is 0 Å². The van der Waals surface area contributed by atoms with Gasteiger partial charge in [0, 0.05) is 0 Å². The summed E-state index contributed by atoms with van der Waals surface area (Å²) in [6.45, 7) is 13.6. The van der Waals surface area contributed by atoms with Gasteiger partial charge in [-0.25, -0.2) is 0 Å². The first-order chi connectivity index (χ1) is 14.1. The first-order valence-electron chi connectivity index (χ1n) is 11.0. The summed E-state index contributed by atoms with van der Waals surface area (Å²) in [5.74, 6) is -2.37. The number of hydrogen-bond acceptors (Lipinski definition) is 6. The van der Waals surface area contributed by atoms with Crippen molar-refractivity contribution in [1.29, 1.82) is 0 Å². The average Bonchev–Trinajstić information content (AvgIpc) is 2.69. The van der Waals surface area contributed by atoms with Crippen LogP contribution in [0.15, 0.2) is 24.3 Å². The van der Waals surface area contributed by atoms with Crippen LogP contribution in [0.2, 0.25) is 0 Å². The predicted octanol–water partition coefficient (Wildman–Crippen LogP) is 2.04. The van der Waals surface area contributed by atoms with E-state index in [4.69, 9.17) is 0 Å². The van der Waals surface area contributed by atoms with E-state index in [1.165, 1.54) is 65.2 Å². The Balaban J connectivity index is -0.0000000977.